The maximum Gasteiger partial charge on any atom is 0.413 e. The molecule has 0 saturated carbocycles. The monoisotopic (exact) mass is 418 g/mol. The van der Waals surface area contributed by atoms with Gasteiger partial charge in [-0.05, 0) is 54.0 Å². The number of aromatic nitrogens is 3. The standard InChI is InChI=1S/C21H30N4O5/c1-8-13-21(7)14(28-20(5,6)30-21)17(27-13)25-10-9-12-15(22-11-23-16(12)25)24-18(26)29-19(2,3)4/h9-11,13-14,17H,8H2,1-7H3,(H,22,23,24,26)/t13-,14+,17-,21-/m1/s1. The van der Waals surface area contributed by atoms with Crippen LogP contribution in [-0.4, -0.2) is 49.8 Å². The molecule has 2 saturated heterocycles. The van der Waals surface area contributed by atoms with E-state index in [0.717, 1.165) is 6.42 Å². The van der Waals surface area contributed by atoms with Crippen LogP contribution in [0.15, 0.2) is 18.6 Å². The minimum absolute atomic E-state index is 0.118. The topological polar surface area (TPSA) is 96.7 Å². The Morgan fingerprint density at radius 2 is 2.03 bits per heavy atom. The van der Waals surface area contributed by atoms with E-state index in [1.54, 1.807) is 0 Å². The van der Waals surface area contributed by atoms with Gasteiger partial charge in [0.2, 0.25) is 0 Å². The zero-order valence-corrected chi connectivity index (χ0v) is 18.6. The minimum Gasteiger partial charge on any atom is -0.444 e. The third-order valence-corrected chi connectivity index (χ3v) is 5.42. The second-order valence-electron chi connectivity index (χ2n) is 9.46. The van der Waals surface area contributed by atoms with Crippen LogP contribution in [0.2, 0.25) is 0 Å². The fraction of sp³-hybridized carbons (Fsp3) is 0.667. The van der Waals surface area contributed by atoms with E-state index in [1.807, 2.05) is 58.4 Å². The van der Waals surface area contributed by atoms with E-state index in [9.17, 15) is 4.79 Å². The summed E-state index contributed by atoms with van der Waals surface area (Å²) in [7, 11) is 0. The Morgan fingerprint density at radius 1 is 1.30 bits per heavy atom. The summed E-state index contributed by atoms with van der Waals surface area (Å²) >= 11 is 0. The molecule has 2 aromatic heterocycles. The predicted octanol–water partition coefficient (Wildman–Crippen LogP) is 4.00. The van der Waals surface area contributed by atoms with Gasteiger partial charge in [-0.15, -0.1) is 0 Å². The number of hydrogen-bond donors (Lipinski definition) is 1. The van der Waals surface area contributed by atoms with Gasteiger partial charge >= 0.3 is 6.09 Å². The van der Waals surface area contributed by atoms with Crippen molar-refractivity contribution >= 4 is 22.9 Å². The lowest BCUT2D eigenvalue weighted by atomic mass is 9.93. The Kier molecular flexibility index (Phi) is 4.83. The van der Waals surface area contributed by atoms with Crippen LogP contribution in [0.1, 0.15) is 61.1 Å². The van der Waals surface area contributed by atoms with Gasteiger partial charge in [-0.2, -0.15) is 0 Å². The Labute approximate surface area is 176 Å². The maximum absolute atomic E-state index is 12.2. The fourth-order valence-electron chi connectivity index (χ4n) is 4.39. The molecular weight excluding hydrogens is 388 g/mol. The van der Waals surface area contributed by atoms with Crippen LogP contribution in [0.5, 0.6) is 0 Å². The first kappa shape index (κ1) is 21.0. The minimum atomic E-state index is -0.698. The quantitative estimate of drug-likeness (QED) is 0.805. The van der Waals surface area contributed by atoms with Gasteiger partial charge in [-0.25, -0.2) is 14.8 Å². The van der Waals surface area contributed by atoms with Crippen molar-refractivity contribution in [3.8, 4) is 0 Å². The maximum atomic E-state index is 12.2. The molecule has 0 spiro atoms. The third kappa shape index (κ3) is 3.55. The molecule has 9 nitrogen and oxygen atoms in total. The van der Waals surface area contributed by atoms with Crippen LogP contribution in [0.4, 0.5) is 10.6 Å². The van der Waals surface area contributed by atoms with E-state index in [-0.39, 0.29) is 12.2 Å². The lowest BCUT2D eigenvalue weighted by Crippen LogP contribution is -2.43. The Bertz CT molecular complexity index is 966. The molecule has 2 aliphatic heterocycles. The molecule has 4 heterocycles. The van der Waals surface area contributed by atoms with Crippen LogP contribution in [-0.2, 0) is 18.9 Å². The highest BCUT2D eigenvalue weighted by Crippen LogP contribution is 2.51. The summed E-state index contributed by atoms with van der Waals surface area (Å²) in [5.41, 5.74) is -0.538. The molecule has 1 amide bonds. The van der Waals surface area contributed by atoms with Gasteiger partial charge in [-0.3, -0.25) is 5.32 Å². The van der Waals surface area contributed by atoms with Gasteiger partial charge in [0.1, 0.15) is 35.1 Å². The average molecular weight is 418 g/mol. The molecule has 9 heteroatoms. The molecule has 2 fully saturated rings. The summed E-state index contributed by atoms with van der Waals surface area (Å²) in [6.07, 6.45) is 2.68. The molecule has 0 aromatic carbocycles. The van der Waals surface area contributed by atoms with Gasteiger partial charge in [0, 0.05) is 6.20 Å². The summed E-state index contributed by atoms with van der Waals surface area (Å²) in [5.74, 6) is -0.319. The van der Waals surface area contributed by atoms with Crippen molar-refractivity contribution in [2.45, 2.75) is 90.3 Å². The van der Waals surface area contributed by atoms with Gasteiger partial charge in [0.25, 0.3) is 0 Å². The number of amides is 1. The molecule has 0 bridgehead atoms. The first-order valence-corrected chi connectivity index (χ1v) is 10.3. The van der Waals surface area contributed by atoms with Crippen LogP contribution in [0, 0.1) is 0 Å². The number of anilines is 1. The first-order valence-electron chi connectivity index (χ1n) is 10.3. The molecule has 0 radical (unpaired) electrons. The molecule has 2 aromatic rings. The number of nitrogens with zero attached hydrogens (tertiary/aromatic N) is 3. The number of carbonyl (C=O) groups is 1. The number of nitrogens with one attached hydrogen (secondary N) is 1. The highest BCUT2D eigenvalue weighted by Gasteiger charge is 2.63. The fourth-order valence-corrected chi connectivity index (χ4v) is 4.39. The number of carbonyl (C=O) groups excluding carboxylic acids is 1. The molecule has 4 rings (SSSR count). The lowest BCUT2D eigenvalue weighted by molar-refractivity contribution is -0.210. The van der Waals surface area contributed by atoms with Gasteiger partial charge in [0.05, 0.1) is 11.5 Å². The number of hydrogen-bond acceptors (Lipinski definition) is 7. The zero-order valence-electron chi connectivity index (χ0n) is 18.6. The van der Waals surface area contributed by atoms with Crippen LogP contribution >= 0.6 is 0 Å². The van der Waals surface area contributed by atoms with Crippen LogP contribution in [0.3, 0.4) is 0 Å². The van der Waals surface area contributed by atoms with Crippen molar-refractivity contribution in [3.05, 3.63) is 18.6 Å². The van der Waals surface area contributed by atoms with Crippen molar-refractivity contribution in [2.24, 2.45) is 0 Å². The van der Waals surface area contributed by atoms with E-state index >= 15 is 0 Å². The Hall–Kier alpha value is -2.23. The largest absolute Gasteiger partial charge is 0.444 e. The number of fused-ring (bicyclic) bond motifs is 2. The molecule has 2 aliphatic rings. The summed E-state index contributed by atoms with van der Waals surface area (Å²) in [6.45, 7) is 13.4. The number of ether oxygens (including phenoxy) is 4. The molecule has 0 aliphatic carbocycles. The SMILES string of the molecule is CC[C@H]1O[C@@H](n2ccc3c(NC(=O)OC(C)(C)C)ncnc32)[C@@H]2OC(C)(C)O[C@]12C. The molecule has 4 atom stereocenters. The summed E-state index contributed by atoms with van der Waals surface area (Å²) in [4.78, 5) is 20.9. The smallest absolute Gasteiger partial charge is 0.413 e. The van der Waals surface area contributed by atoms with Gasteiger partial charge in [0.15, 0.2) is 12.0 Å². The lowest BCUT2D eigenvalue weighted by Gasteiger charge is -2.28. The highest BCUT2D eigenvalue weighted by atomic mass is 16.8. The van der Waals surface area contributed by atoms with E-state index < -0.39 is 29.3 Å². The second-order valence-corrected chi connectivity index (χ2v) is 9.46. The van der Waals surface area contributed by atoms with E-state index in [1.165, 1.54) is 6.33 Å². The summed E-state index contributed by atoms with van der Waals surface area (Å²) in [6, 6.07) is 1.85. The van der Waals surface area contributed by atoms with Crippen molar-refractivity contribution < 1.29 is 23.7 Å². The van der Waals surface area contributed by atoms with Crippen molar-refractivity contribution in [1.82, 2.24) is 14.5 Å². The first-order chi connectivity index (χ1) is 13.9. The summed E-state index contributed by atoms with van der Waals surface area (Å²) in [5, 5.41) is 3.40. The van der Waals surface area contributed by atoms with Crippen LogP contribution in [0.25, 0.3) is 11.0 Å². The second kappa shape index (κ2) is 6.90. The molecule has 0 unspecified atom stereocenters. The highest BCUT2D eigenvalue weighted by molar-refractivity contribution is 5.95. The Balaban J connectivity index is 1.67. The van der Waals surface area contributed by atoms with Crippen molar-refractivity contribution in [3.63, 3.8) is 0 Å². The third-order valence-electron chi connectivity index (χ3n) is 5.42. The van der Waals surface area contributed by atoms with E-state index in [4.69, 9.17) is 18.9 Å². The average Bonchev–Trinajstić information content (AvgIpc) is 3.20. The molecule has 30 heavy (non-hydrogen) atoms. The number of rotatable bonds is 3. The van der Waals surface area contributed by atoms with Gasteiger partial charge in [-0.1, -0.05) is 6.92 Å². The van der Waals surface area contributed by atoms with E-state index in [0.29, 0.717) is 16.9 Å². The van der Waals surface area contributed by atoms with Crippen molar-refractivity contribution in [1.29, 1.82) is 0 Å². The van der Waals surface area contributed by atoms with E-state index in [2.05, 4.69) is 22.2 Å². The van der Waals surface area contributed by atoms with Gasteiger partial charge < -0.3 is 23.5 Å². The zero-order chi connectivity index (χ0) is 21.9. The molecular formula is C21H30N4O5. The van der Waals surface area contributed by atoms with Crippen molar-refractivity contribution in [2.75, 3.05) is 5.32 Å². The van der Waals surface area contributed by atoms with Crippen LogP contribution < -0.4 is 5.32 Å². The Morgan fingerprint density at radius 3 is 2.70 bits per heavy atom. The predicted molar refractivity (Wildman–Crippen MR) is 110 cm³/mol. The molecule has 1 N–H and O–H groups in total. The summed E-state index contributed by atoms with van der Waals surface area (Å²) < 4.78 is 26.1. The normalized spacial score (nSPS) is 30.4. The molecule has 164 valence electrons.